The van der Waals surface area contributed by atoms with E-state index in [-0.39, 0.29) is 19.0 Å². The summed E-state index contributed by atoms with van der Waals surface area (Å²) >= 11 is 0. The van der Waals surface area contributed by atoms with Crippen LogP contribution < -0.4 is 4.74 Å². The van der Waals surface area contributed by atoms with Crippen LogP contribution in [0, 0.1) is 5.82 Å². The van der Waals surface area contributed by atoms with Crippen molar-refractivity contribution in [1.82, 2.24) is 4.98 Å². The minimum atomic E-state index is -0.288. The zero-order chi connectivity index (χ0) is 12.1. The molecule has 1 aromatic heterocycles. The molecule has 0 amide bonds. The van der Waals surface area contributed by atoms with Crippen LogP contribution in [0.4, 0.5) is 4.39 Å². The monoisotopic (exact) mass is 233 g/mol. The summed E-state index contributed by atoms with van der Waals surface area (Å²) in [5.41, 5.74) is 1.02. The molecule has 1 aromatic carbocycles. The van der Waals surface area contributed by atoms with Crippen LogP contribution in [0.3, 0.4) is 0 Å². The molecule has 0 saturated carbocycles. The van der Waals surface area contributed by atoms with Crippen LogP contribution in [0.1, 0.15) is 11.3 Å². The highest BCUT2D eigenvalue weighted by Crippen LogP contribution is 2.14. The number of aliphatic hydroxyl groups excluding tert-OH is 1. The second kappa shape index (κ2) is 5.41. The molecule has 4 heteroatoms. The lowest BCUT2D eigenvalue weighted by molar-refractivity contribution is 0.272. The molecule has 0 bridgehead atoms. The second-order valence-corrected chi connectivity index (χ2v) is 3.52. The van der Waals surface area contributed by atoms with Crippen molar-refractivity contribution in [3.05, 3.63) is 59.7 Å². The first-order valence-electron chi connectivity index (χ1n) is 5.21. The predicted octanol–water partition coefficient (Wildman–Crippen LogP) is 2.29. The van der Waals surface area contributed by atoms with Gasteiger partial charge in [-0.15, -0.1) is 0 Å². The molecular weight excluding hydrogens is 221 g/mol. The Labute approximate surface area is 98.5 Å². The predicted molar refractivity (Wildman–Crippen MR) is 60.9 cm³/mol. The highest BCUT2D eigenvalue weighted by molar-refractivity contribution is 5.23. The van der Waals surface area contributed by atoms with Gasteiger partial charge in [-0.25, -0.2) is 4.39 Å². The third-order valence-electron chi connectivity index (χ3n) is 2.30. The van der Waals surface area contributed by atoms with Crippen molar-refractivity contribution in [2.75, 3.05) is 0 Å². The van der Waals surface area contributed by atoms with Crippen LogP contribution in [0.15, 0.2) is 42.6 Å². The van der Waals surface area contributed by atoms with Gasteiger partial charge in [0.05, 0.1) is 12.3 Å². The highest BCUT2D eigenvalue weighted by atomic mass is 19.1. The van der Waals surface area contributed by atoms with Crippen LogP contribution in [-0.2, 0) is 13.2 Å². The number of benzene rings is 1. The Hall–Kier alpha value is -1.94. The zero-order valence-electron chi connectivity index (χ0n) is 9.14. The first kappa shape index (κ1) is 11.5. The lowest BCUT2D eigenvalue weighted by Gasteiger charge is -2.07. The molecule has 0 aliphatic heterocycles. The summed E-state index contributed by atoms with van der Waals surface area (Å²) < 4.78 is 18.7. The summed E-state index contributed by atoms with van der Waals surface area (Å²) in [6.07, 6.45) is 1.54. The van der Waals surface area contributed by atoms with Gasteiger partial charge in [-0.3, -0.25) is 4.98 Å². The van der Waals surface area contributed by atoms with Crippen LogP contribution in [0.5, 0.6) is 5.75 Å². The Morgan fingerprint density at radius 2 is 2.06 bits per heavy atom. The van der Waals surface area contributed by atoms with Gasteiger partial charge < -0.3 is 9.84 Å². The van der Waals surface area contributed by atoms with Crippen molar-refractivity contribution in [2.24, 2.45) is 0 Å². The molecule has 17 heavy (non-hydrogen) atoms. The first-order valence-corrected chi connectivity index (χ1v) is 5.21. The van der Waals surface area contributed by atoms with E-state index in [1.165, 1.54) is 6.07 Å². The van der Waals surface area contributed by atoms with E-state index in [9.17, 15) is 4.39 Å². The van der Waals surface area contributed by atoms with Crippen LogP contribution in [0.25, 0.3) is 0 Å². The van der Waals surface area contributed by atoms with E-state index in [1.807, 2.05) is 0 Å². The third-order valence-corrected chi connectivity index (χ3v) is 2.30. The van der Waals surface area contributed by atoms with Crippen molar-refractivity contribution in [3.8, 4) is 5.75 Å². The minimum absolute atomic E-state index is 0.142. The number of nitrogens with zero attached hydrogens (tertiary/aromatic N) is 1. The van der Waals surface area contributed by atoms with Gasteiger partial charge in [-0.2, -0.15) is 0 Å². The lowest BCUT2D eigenvalue weighted by Crippen LogP contribution is -1.99. The standard InChI is InChI=1S/C13H12FNO2/c14-13-4-2-1-3-10(13)9-17-12-5-6-15-11(7-12)8-16/h1-7,16H,8-9H2. The van der Waals surface area contributed by atoms with Gasteiger partial charge in [-0.1, -0.05) is 18.2 Å². The lowest BCUT2D eigenvalue weighted by atomic mass is 10.2. The average molecular weight is 233 g/mol. The number of rotatable bonds is 4. The summed E-state index contributed by atoms with van der Waals surface area (Å²) in [5.74, 6) is 0.274. The van der Waals surface area contributed by atoms with Crippen molar-refractivity contribution >= 4 is 0 Å². The van der Waals surface area contributed by atoms with Crippen LogP contribution >= 0.6 is 0 Å². The summed E-state index contributed by atoms with van der Waals surface area (Å²) in [7, 11) is 0. The van der Waals surface area contributed by atoms with Gasteiger partial charge in [0.2, 0.25) is 0 Å². The fourth-order valence-electron chi connectivity index (χ4n) is 1.41. The molecule has 0 atom stereocenters. The Morgan fingerprint density at radius 3 is 2.82 bits per heavy atom. The topological polar surface area (TPSA) is 42.4 Å². The molecular formula is C13H12FNO2. The number of ether oxygens (including phenoxy) is 1. The Bertz CT molecular complexity index is 502. The average Bonchev–Trinajstić information content (AvgIpc) is 2.38. The van der Waals surface area contributed by atoms with E-state index >= 15 is 0 Å². The number of halogens is 1. The maximum atomic E-state index is 13.3. The maximum Gasteiger partial charge on any atom is 0.129 e. The van der Waals surface area contributed by atoms with E-state index in [0.29, 0.717) is 17.0 Å². The van der Waals surface area contributed by atoms with Gasteiger partial charge in [0.25, 0.3) is 0 Å². The zero-order valence-corrected chi connectivity index (χ0v) is 9.14. The molecule has 0 unspecified atom stereocenters. The molecule has 0 saturated heterocycles. The molecule has 0 fully saturated rings. The van der Waals surface area contributed by atoms with E-state index in [0.717, 1.165) is 0 Å². The fourth-order valence-corrected chi connectivity index (χ4v) is 1.41. The van der Waals surface area contributed by atoms with Gasteiger partial charge >= 0.3 is 0 Å². The Balaban J connectivity index is 2.05. The SMILES string of the molecule is OCc1cc(OCc2ccccc2F)ccn1. The van der Waals surface area contributed by atoms with Gasteiger partial charge in [0.1, 0.15) is 18.2 Å². The number of hydrogen-bond donors (Lipinski definition) is 1. The maximum absolute atomic E-state index is 13.3. The number of aromatic nitrogens is 1. The molecule has 0 aliphatic carbocycles. The van der Waals surface area contributed by atoms with Crippen molar-refractivity contribution in [1.29, 1.82) is 0 Å². The van der Waals surface area contributed by atoms with E-state index < -0.39 is 0 Å². The number of pyridine rings is 1. The molecule has 2 aromatic rings. The van der Waals surface area contributed by atoms with Gasteiger partial charge in [-0.05, 0) is 12.1 Å². The second-order valence-electron chi connectivity index (χ2n) is 3.52. The smallest absolute Gasteiger partial charge is 0.129 e. The first-order chi connectivity index (χ1) is 8.29. The van der Waals surface area contributed by atoms with Crippen molar-refractivity contribution < 1.29 is 14.2 Å². The molecule has 1 N–H and O–H groups in total. The summed E-state index contributed by atoms with van der Waals surface area (Å²) in [5, 5.41) is 8.91. The van der Waals surface area contributed by atoms with E-state index in [1.54, 1.807) is 36.5 Å². The van der Waals surface area contributed by atoms with Gasteiger partial charge in [0.15, 0.2) is 0 Å². The fraction of sp³-hybridized carbons (Fsp3) is 0.154. The highest BCUT2D eigenvalue weighted by Gasteiger charge is 2.02. The largest absolute Gasteiger partial charge is 0.489 e. The number of hydrogen-bond acceptors (Lipinski definition) is 3. The van der Waals surface area contributed by atoms with Crippen molar-refractivity contribution in [3.63, 3.8) is 0 Å². The Morgan fingerprint density at radius 1 is 1.24 bits per heavy atom. The Kier molecular flexibility index (Phi) is 3.67. The molecule has 0 aliphatic rings. The number of aliphatic hydroxyl groups is 1. The molecule has 1 heterocycles. The summed E-state index contributed by atoms with van der Waals surface area (Å²) in [6, 6.07) is 9.75. The summed E-state index contributed by atoms with van der Waals surface area (Å²) in [4.78, 5) is 3.93. The third kappa shape index (κ3) is 3.01. The molecule has 88 valence electrons. The van der Waals surface area contributed by atoms with Gasteiger partial charge in [0, 0.05) is 17.8 Å². The van der Waals surface area contributed by atoms with Crippen LogP contribution in [0.2, 0.25) is 0 Å². The molecule has 2 rings (SSSR count). The normalized spacial score (nSPS) is 10.2. The minimum Gasteiger partial charge on any atom is -0.489 e. The summed E-state index contributed by atoms with van der Waals surface area (Å²) in [6.45, 7) is 0.0124. The van der Waals surface area contributed by atoms with Crippen LogP contribution in [-0.4, -0.2) is 10.1 Å². The van der Waals surface area contributed by atoms with Crippen molar-refractivity contribution in [2.45, 2.75) is 13.2 Å². The molecule has 3 nitrogen and oxygen atoms in total. The molecule has 0 radical (unpaired) electrons. The van der Waals surface area contributed by atoms with E-state index in [4.69, 9.17) is 9.84 Å². The molecule has 0 spiro atoms. The van der Waals surface area contributed by atoms with E-state index in [2.05, 4.69) is 4.98 Å². The quantitative estimate of drug-likeness (QED) is 0.881.